The molecule has 1 amide bonds. The summed E-state index contributed by atoms with van der Waals surface area (Å²) in [6.45, 7) is 2.60. The second-order valence-corrected chi connectivity index (χ2v) is 8.48. The van der Waals surface area contributed by atoms with Gasteiger partial charge < -0.3 is 15.5 Å². The smallest absolute Gasteiger partial charge is 0.322 e. The molecule has 3 aromatic rings. The number of hydrogen-bond donors (Lipinski definition) is 4. The molecule has 0 aliphatic rings. The quantitative estimate of drug-likeness (QED) is 0.402. The van der Waals surface area contributed by atoms with Gasteiger partial charge in [-0.25, -0.2) is 18.2 Å². The highest BCUT2D eigenvalue weighted by Gasteiger charge is 2.25. The number of nitrogens with one attached hydrogen (secondary N) is 1. The van der Waals surface area contributed by atoms with Gasteiger partial charge in [-0.2, -0.15) is 9.73 Å². The minimum absolute atomic E-state index is 0.0271. The number of nitrogens with zero attached hydrogens (tertiary/aromatic N) is 3. The summed E-state index contributed by atoms with van der Waals surface area (Å²) < 4.78 is 25.1. The minimum atomic E-state index is -3.88. The number of hydrogen-bond acceptors (Lipinski definition) is 7. The van der Waals surface area contributed by atoms with Crippen molar-refractivity contribution in [3.8, 4) is 17.0 Å². The highest BCUT2D eigenvalue weighted by Crippen LogP contribution is 2.27. The van der Waals surface area contributed by atoms with Gasteiger partial charge in [-0.05, 0) is 32.0 Å². The molecule has 0 spiro atoms. The molecular weight excluding hydrogens is 430 g/mol. The Hall–Kier alpha value is -3.71. The molecule has 0 fully saturated rings. The van der Waals surface area contributed by atoms with Crippen LogP contribution in [0.3, 0.4) is 0 Å². The van der Waals surface area contributed by atoms with E-state index >= 15 is 0 Å². The second-order valence-electron chi connectivity index (χ2n) is 6.92. The summed E-state index contributed by atoms with van der Waals surface area (Å²) in [4.78, 5) is 35.9. The van der Waals surface area contributed by atoms with Crippen molar-refractivity contribution in [2.75, 3.05) is 6.54 Å². The van der Waals surface area contributed by atoms with Gasteiger partial charge in [-0.15, -0.1) is 0 Å². The zero-order valence-electron chi connectivity index (χ0n) is 16.4. The van der Waals surface area contributed by atoms with Crippen molar-refractivity contribution < 1.29 is 28.2 Å². The number of carbonyl (C=O) groups is 2. The lowest BCUT2D eigenvalue weighted by molar-refractivity contribution is -0.135. The SMILES string of the molecule is CC(C)n1c(=O)c(C(=O)NCC(=O)O)c(O)c2cc(-c3ccc(S(N)(=O)=O)cc3)nn21. The lowest BCUT2D eigenvalue weighted by atomic mass is 10.1. The summed E-state index contributed by atoms with van der Waals surface area (Å²) in [6, 6.07) is 6.42. The van der Waals surface area contributed by atoms with E-state index < -0.39 is 51.4 Å². The van der Waals surface area contributed by atoms with E-state index in [2.05, 4.69) is 10.4 Å². The number of carboxylic acids is 1. The molecule has 0 bridgehead atoms. The predicted molar refractivity (Wildman–Crippen MR) is 108 cm³/mol. The number of nitrogens with two attached hydrogens (primary N) is 1. The highest BCUT2D eigenvalue weighted by atomic mass is 32.2. The zero-order valence-corrected chi connectivity index (χ0v) is 17.3. The van der Waals surface area contributed by atoms with Crippen LogP contribution in [0.1, 0.15) is 30.2 Å². The maximum absolute atomic E-state index is 12.9. The topological polar surface area (TPSA) is 186 Å². The van der Waals surface area contributed by atoms with Crippen molar-refractivity contribution in [3.05, 3.63) is 46.2 Å². The zero-order chi connectivity index (χ0) is 23.1. The molecule has 5 N–H and O–H groups in total. The first-order valence-corrected chi connectivity index (χ1v) is 10.5. The molecule has 0 atom stereocenters. The van der Waals surface area contributed by atoms with Crippen LogP contribution in [0, 0.1) is 0 Å². The fraction of sp³-hybridized carbons (Fsp3) is 0.222. The van der Waals surface area contributed by atoms with E-state index in [9.17, 15) is 27.9 Å². The average molecular weight is 449 g/mol. The maximum atomic E-state index is 12.9. The number of fused-ring (bicyclic) bond motifs is 1. The molecule has 0 radical (unpaired) electrons. The monoisotopic (exact) mass is 449 g/mol. The molecule has 2 heterocycles. The molecule has 1 aromatic carbocycles. The first-order chi connectivity index (χ1) is 14.4. The standard InChI is InChI=1S/C18H19N5O7S/c1-9(2)22-18(28)15(17(27)20-8-14(24)25)16(26)13-7-12(21-23(13)22)10-3-5-11(6-4-10)31(19,29)30/h3-7,9,26H,8H2,1-2H3,(H,20,27)(H,24,25)(H2,19,29,30). The van der Waals surface area contributed by atoms with E-state index in [4.69, 9.17) is 10.2 Å². The Morgan fingerprint density at radius 3 is 2.35 bits per heavy atom. The lowest BCUT2D eigenvalue weighted by Crippen LogP contribution is -2.38. The van der Waals surface area contributed by atoms with Crippen LogP contribution >= 0.6 is 0 Å². The van der Waals surface area contributed by atoms with Gasteiger partial charge in [0.2, 0.25) is 10.0 Å². The Morgan fingerprint density at radius 1 is 1.23 bits per heavy atom. The van der Waals surface area contributed by atoms with E-state index in [1.54, 1.807) is 13.8 Å². The number of primary sulfonamides is 1. The van der Waals surface area contributed by atoms with Crippen molar-refractivity contribution >= 4 is 27.4 Å². The molecular formula is C18H19N5O7S. The molecule has 13 heteroatoms. The normalized spacial score (nSPS) is 11.7. The average Bonchev–Trinajstić information content (AvgIpc) is 3.10. The first kappa shape index (κ1) is 22.0. The number of benzene rings is 1. The summed E-state index contributed by atoms with van der Waals surface area (Å²) in [7, 11) is -3.88. The summed E-state index contributed by atoms with van der Waals surface area (Å²) in [5.74, 6) is -3.01. The first-order valence-electron chi connectivity index (χ1n) is 8.92. The van der Waals surface area contributed by atoms with Crippen molar-refractivity contribution in [1.82, 2.24) is 19.7 Å². The maximum Gasteiger partial charge on any atom is 0.322 e. The predicted octanol–water partition coefficient (Wildman–Crippen LogP) is -0.0887. The molecule has 3 rings (SSSR count). The van der Waals surface area contributed by atoms with Gasteiger partial charge >= 0.3 is 5.97 Å². The third kappa shape index (κ3) is 4.13. The molecule has 2 aromatic heterocycles. The van der Waals surface area contributed by atoms with Crippen molar-refractivity contribution in [3.63, 3.8) is 0 Å². The molecule has 0 saturated heterocycles. The third-order valence-corrected chi connectivity index (χ3v) is 5.32. The Bertz CT molecular complexity index is 1350. The van der Waals surface area contributed by atoms with Gasteiger partial charge in [0.15, 0.2) is 11.3 Å². The fourth-order valence-corrected chi connectivity index (χ4v) is 3.50. The number of amides is 1. The highest BCUT2D eigenvalue weighted by molar-refractivity contribution is 7.89. The Kier molecular flexibility index (Phi) is 5.57. The van der Waals surface area contributed by atoms with Crippen LogP contribution in [-0.2, 0) is 14.8 Å². The molecule has 0 saturated carbocycles. The van der Waals surface area contributed by atoms with Crippen molar-refractivity contribution in [2.24, 2.45) is 5.14 Å². The van der Waals surface area contributed by atoms with Crippen LogP contribution < -0.4 is 16.0 Å². The molecule has 0 aliphatic carbocycles. The van der Waals surface area contributed by atoms with Crippen molar-refractivity contribution in [2.45, 2.75) is 24.8 Å². The van der Waals surface area contributed by atoms with Gasteiger partial charge in [0, 0.05) is 5.56 Å². The van der Waals surface area contributed by atoms with Crippen LogP contribution in [0.5, 0.6) is 5.75 Å². The Labute approximate surface area is 175 Å². The third-order valence-electron chi connectivity index (χ3n) is 4.39. The van der Waals surface area contributed by atoms with Crippen LogP contribution in [0.4, 0.5) is 0 Å². The molecule has 0 unspecified atom stereocenters. The lowest BCUT2D eigenvalue weighted by Gasteiger charge is -2.15. The second kappa shape index (κ2) is 7.85. The van der Waals surface area contributed by atoms with Crippen LogP contribution in [-0.4, -0.2) is 51.5 Å². The van der Waals surface area contributed by atoms with Crippen LogP contribution in [0.25, 0.3) is 16.8 Å². The van der Waals surface area contributed by atoms with Crippen molar-refractivity contribution in [1.29, 1.82) is 0 Å². The van der Waals surface area contributed by atoms with Gasteiger partial charge in [-0.3, -0.25) is 14.4 Å². The van der Waals surface area contributed by atoms with Crippen LogP contribution in [0.2, 0.25) is 0 Å². The number of sulfonamides is 1. The van der Waals surface area contributed by atoms with Crippen LogP contribution in [0.15, 0.2) is 40.0 Å². The van der Waals surface area contributed by atoms with E-state index in [0.29, 0.717) is 5.56 Å². The largest absolute Gasteiger partial charge is 0.505 e. The summed E-state index contributed by atoms with van der Waals surface area (Å²) >= 11 is 0. The van der Waals surface area contributed by atoms with Gasteiger partial charge in [0.05, 0.1) is 16.6 Å². The number of aromatic nitrogens is 3. The summed E-state index contributed by atoms with van der Waals surface area (Å²) in [5, 5.41) is 30.8. The number of carboxylic acid groups (broad SMARTS) is 1. The number of rotatable bonds is 6. The molecule has 164 valence electrons. The molecule has 12 nitrogen and oxygen atoms in total. The van der Waals surface area contributed by atoms with Gasteiger partial charge in [0.25, 0.3) is 11.5 Å². The minimum Gasteiger partial charge on any atom is -0.505 e. The molecule has 0 aliphatic heterocycles. The fourth-order valence-electron chi connectivity index (χ4n) is 2.99. The van der Waals surface area contributed by atoms with E-state index in [0.717, 1.165) is 9.31 Å². The summed E-state index contributed by atoms with van der Waals surface area (Å²) in [5.41, 5.74) is -0.691. The number of aliphatic carboxylic acids is 1. The van der Waals surface area contributed by atoms with Gasteiger partial charge in [0.1, 0.15) is 12.1 Å². The summed E-state index contributed by atoms with van der Waals surface area (Å²) in [6.07, 6.45) is 0. The van der Waals surface area contributed by atoms with E-state index in [1.165, 1.54) is 30.3 Å². The van der Waals surface area contributed by atoms with Gasteiger partial charge in [-0.1, -0.05) is 12.1 Å². The van der Waals surface area contributed by atoms with E-state index in [-0.39, 0.29) is 16.1 Å². The Balaban J connectivity index is 2.20. The van der Waals surface area contributed by atoms with E-state index in [1.807, 2.05) is 0 Å². The molecule has 31 heavy (non-hydrogen) atoms. The Morgan fingerprint density at radius 2 is 1.84 bits per heavy atom. The number of carbonyl (C=O) groups excluding carboxylic acids is 1. The number of aromatic hydroxyl groups is 1.